The lowest BCUT2D eigenvalue weighted by atomic mass is 10.1. The fraction of sp³-hybridized carbons (Fsp3) is 0.500. The quantitative estimate of drug-likeness (QED) is 0.901. The molecule has 6 nitrogen and oxygen atoms in total. The molecule has 2 amide bonds. The summed E-state index contributed by atoms with van der Waals surface area (Å²) in [4.78, 5) is 27.4. The van der Waals surface area contributed by atoms with E-state index < -0.39 is 17.7 Å². The van der Waals surface area contributed by atoms with E-state index in [1.807, 2.05) is 30.3 Å². The molecule has 1 N–H and O–H groups in total. The smallest absolute Gasteiger partial charge is 0.410 e. The SMILES string of the molecule is CC(C)(C)OC(=O)N1CC(=O)N(c2ccccc2)C(CO)C1. The van der Waals surface area contributed by atoms with Crippen LogP contribution >= 0.6 is 0 Å². The highest BCUT2D eigenvalue weighted by Gasteiger charge is 2.36. The first-order chi connectivity index (χ1) is 10.3. The van der Waals surface area contributed by atoms with Gasteiger partial charge in [0.1, 0.15) is 12.1 Å². The molecule has 0 aliphatic carbocycles. The molecule has 0 saturated carbocycles. The molecule has 0 bridgehead atoms. The topological polar surface area (TPSA) is 70.1 Å². The minimum atomic E-state index is -0.620. The Labute approximate surface area is 130 Å². The minimum absolute atomic E-state index is 0.0553. The highest BCUT2D eigenvalue weighted by molar-refractivity contribution is 5.98. The van der Waals surface area contributed by atoms with Gasteiger partial charge in [-0.3, -0.25) is 9.69 Å². The lowest BCUT2D eigenvalue weighted by Crippen LogP contribution is -2.60. The van der Waals surface area contributed by atoms with E-state index >= 15 is 0 Å². The van der Waals surface area contributed by atoms with Gasteiger partial charge < -0.3 is 14.7 Å². The zero-order chi connectivity index (χ0) is 16.3. The lowest BCUT2D eigenvalue weighted by Gasteiger charge is -2.40. The van der Waals surface area contributed by atoms with Gasteiger partial charge in [0.2, 0.25) is 5.91 Å². The van der Waals surface area contributed by atoms with Crippen molar-refractivity contribution in [2.24, 2.45) is 0 Å². The molecule has 0 aromatic heterocycles. The number of anilines is 1. The van der Waals surface area contributed by atoms with E-state index in [1.165, 1.54) is 4.90 Å². The van der Waals surface area contributed by atoms with Gasteiger partial charge in [0.05, 0.1) is 12.6 Å². The molecule has 1 aromatic carbocycles. The fourth-order valence-corrected chi connectivity index (χ4v) is 2.39. The van der Waals surface area contributed by atoms with Crippen LogP contribution in [0.3, 0.4) is 0 Å². The van der Waals surface area contributed by atoms with Crippen LogP contribution in [-0.2, 0) is 9.53 Å². The van der Waals surface area contributed by atoms with Gasteiger partial charge in [-0.1, -0.05) is 18.2 Å². The number of nitrogens with zero attached hydrogens (tertiary/aromatic N) is 2. The molecule has 1 aliphatic rings. The van der Waals surface area contributed by atoms with Gasteiger partial charge in [-0.2, -0.15) is 0 Å². The van der Waals surface area contributed by atoms with E-state index in [0.29, 0.717) is 0 Å². The zero-order valence-corrected chi connectivity index (χ0v) is 13.2. The number of carbonyl (C=O) groups is 2. The lowest BCUT2D eigenvalue weighted by molar-refractivity contribution is -0.122. The molecular weight excluding hydrogens is 284 g/mol. The maximum atomic E-state index is 12.4. The van der Waals surface area contributed by atoms with Crippen molar-refractivity contribution in [1.29, 1.82) is 0 Å². The summed E-state index contributed by atoms with van der Waals surface area (Å²) >= 11 is 0. The van der Waals surface area contributed by atoms with Crippen LogP contribution in [0.2, 0.25) is 0 Å². The van der Waals surface area contributed by atoms with Crippen LogP contribution in [0.1, 0.15) is 20.8 Å². The van der Waals surface area contributed by atoms with Crippen LogP contribution in [0, 0.1) is 0 Å². The van der Waals surface area contributed by atoms with E-state index in [2.05, 4.69) is 0 Å². The van der Waals surface area contributed by atoms with Crippen LogP contribution in [-0.4, -0.2) is 53.3 Å². The molecule has 2 rings (SSSR count). The Morgan fingerprint density at radius 3 is 2.50 bits per heavy atom. The van der Waals surface area contributed by atoms with Crippen molar-refractivity contribution in [1.82, 2.24) is 4.90 Å². The Morgan fingerprint density at radius 1 is 1.32 bits per heavy atom. The van der Waals surface area contributed by atoms with Crippen molar-refractivity contribution < 1.29 is 19.4 Å². The second-order valence-corrected chi connectivity index (χ2v) is 6.30. The second kappa shape index (κ2) is 6.36. The number of benzene rings is 1. The third-order valence-electron chi connectivity index (χ3n) is 3.29. The van der Waals surface area contributed by atoms with Crippen LogP contribution in [0.15, 0.2) is 30.3 Å². The first-order valence-corrected chi connectivity index (χ1v) is 7.27. The van der Waals surface area contributed by atoms with Crippen LogP contribution in [0.5, 0.6) is 0 Å². The van der Waals surface area contributed by atoms with Gasteiger partial charge >= 0.3 is 6.09 Å². The van der Waals surface area contributed by atoms with Gasteiger partial charge in [0.25, 0.3) is 0 Å². The van der Waals surface area contributed by atoms with Gasteiger partial charge in [0, 0.05) is 12.2 Å². The number of carbonyl (C=O) groups excluding carboxylic acids is 2. The van der Waals surface area contributed by atoms with Gasteiger partial charge in [-0.25, -0.2) is 4.79 Å². The first-order valence-electron chi connectivity index (χ1n) is 7.27. The summed E-state index contributed by atoms with van der Waals surface area (Å²) in [6.45, 7) is 5.29. The molecule has 6 heteroatoms. The number of piperazine rings is 1. The molecular formula is C16H22N2O4. The van der Waals surface area contributed by atoms with Crippen molar-refractivity contribution >= 4 is 17.7 Å². The van der Waals surface area contributed by atoms with Crippen LogP contribution in [0.4, 0.5) is 10.5 Å². The van der Waals surface area contributed by atoms with Crippen LogP contribution < -0.4 is 4.90 Å². The molecule has 1 atom stereocenters. The Kier molecular flexibility index (Phi) is 4.71. The van der Waals surface area contributed by atoms with E-state index in [9.17, 15) is 14.7 Å². The summed E-state index contributed by atoms with van der Waals surface area (Å²) in [5, 5.41) is 9.60. The number of amides is 2. The molecule has 1 unspecified atom stereocenters. The van der Waals surface area contributed by atoms with E-state index in [1.54, 1.807) is 25.7 Å². The molecule has 22 heavy (non-hydrogen) atoms. The van der Waals surface area contributed by atoms with Crippen molar-refractivity contribution in [3.8, 4) is 0 Å². The Bertz CT molecular complexity index is 539. The molecule has 1 fully saturated rings. The Balaban J connectivity index is 2.15. The summed E-state index contributed by atoms with van der Waals surface area (Å²) in [5.41, 5.74) is 0.0983. The number of hydrogen-bond acceptors (Lipinski definition) is 4. The average Bonchev–Trinajstić information content (AvgIpc) is 2.45. The van der Waals surface area contributed by atoms with E-state index in [4.69, 9.17) is 4.74 Å². The number of hydrogen-bond donors (Lipinski definition) is 1. The van der Waals surface area contributed by atoms with Crippen molar-refractivity contribution in [2.45, 2.75) is 32.4 Å². The fourth-order valence-electron chi connectivity index (χ4n) is 2.39. The maximum Gasteiger partial charge on any atom is 0.410 e. The molecule has 1 heterocycles. The van der Waals surface area contributed by atoms with Gasteiger partial charge in [0.15, 0.2) is 0 Å². The van der Waals surface area contributed by atoms with Crippen molar-refractivity contribution in [3.63, 3.8) is 0 Å². The number of aliphatic hydroxyl groups excluding tert-OH is 1. The van der Waals surface area contributed by atoms with E-state index in [0.717, 1.165) is 5.69 Å². The summed E-state index contributed by atoms with van der Waals surface area (Å²) in [6, 6.07) is 8.66. The third kappa shape index (κ3) is 3.76. The number of rotatable bonds is 2. The summed E-state index contributed by atoms with van der Waals surface area (Å²) in [7, 11) is 0. The second-order valence-electron chi connectivity index (χ2n) is 6.30. The monoisotopic (exact) mass is 306 g/mol. The summed E-state index contributed by atoms with van der Waals surface area (Å²) in [6.07, 6.45) is -0.535. The molecule has 1 aromatic rings. The van der Waals surface area contributed by atoms with Crippen molar-refractivity contribution in [3.05, 3.63) is 30.3 Å². The minimum Gasteiger partial charge on any atom is -0.444 e. The zero-order valence-electron chi connectivity index (χ0n) is 13.2. The Morgan fingerprint density at radius 2 is 1.95 bits per heavy atom. The average molecular weight is 306 g/mol. The number of para-hydroxylation sites is 1. The highest BCUT2D eigenvalue weighted by Crippen LogP contribution is 2.22. The summed E-state index contributed by atoms with van der Waals surface area (Å²) < 4.78 is 5.29. The number of ether oxygens (including phenoxy) is 1. The third-order valence-corrected chi connectivity index (χ3v) is 3.29. The predicted octanol–water partition coefficient (Wildman–Crippen LogP) is 1.63. The van der Waals surface area contributed by atoms with E-state index in [-0.39, 0.29) is 25.6 Å². The normalized spacial score (nSPS) is 19.3. The van der Waals surface area contributed by atoms with Gasteiger partial charge in [-0.15, -0.1) is 0 Å². The molecule has 120 valence electrons. The molecule has 0 spiro atoms. The molecule has 1 aliphatic heterocycles. The molecule has 0 radical (unpaired) electrons. The maximum absolute atomic E-state index is 12.4. The largest absolute Gasteiger partial charge is 0.444 e. The predicted molar refractivity (Wildman–Crippen MR) is 82.6 cm³/mol. The highest BCUT2D eigenvalue weighted by atomic mass is 16.6. The number of aliphatic hydroxyl groups is 1. The standard InChI is InChI=1S/C16H22N2O4/c1-16(2,3)22-15(21)17-9-13(11-19)18(14(20)10-17)12-7-5-4-6-8-12/h4-8,13,19H,9-11H2,1-3H3. The van der Waals surface area contributed by atoms with Crippen molar-refractivity contribution in [2.75, 3.05) is 24.6 Å². The Hall–Kier alpha value is -2.08. The molecule has 1 saturated heterocycles. The van der Waals surface area contributed by atoms with Crippen LogP contribution in [0.25, 0.3) is 0 Å². The van der Waals surface area contributed by atoms with Gasteiger partial charge in [-0.05, 0) is 32.9 Å². The summed E-state index contributed by atoms with van der Waals surface area (Å²) in [5.74, 6) is -0.234. The first kappa shape index (κ1) is 16.3.